The third-order valence-corrected chi connectivity index (χ3v) is 11.5. The predicted octanol–water partition coefficient (Wildman–Crippen LogP) is 4.83. The molecule has 2 amide bonds. The topological polar surface area (TPSA) is 87.1 Å². The summed E-state index contributed by atoms with van der Waals surface area (Å²) in [5, 5.41) is 10.5. The van der Waals surface area contributed by atoms with Gasteiger partial charge in [0.05, 0.1) is 35.8 Å². The molecule has 0 aromatic rings. The molecule has 220 valence electrons. The van der Waals surface area contributed by atoms with Crippen molar-refractivity contribution < 1.29 is 24.2 Å². The molecular weight excluding hydrogens is 512 g/mol. The third-order valence-electron chi connectivity index (χ3n) is 9.43. The Morgan fingerprint density at radius 3 is 2.56 bits per heavy atom. The summed E-state index contributed by atoms with van der Waals surface area (Å²) in [7, 11) is 0. The Kier molecular flexibility index (Phi) is 11.2. The van der Waals surface area contributed by atoms with E-state index in [-0.39, 0.29) is 47.5 Å². The molecule has 9 atom stereocenters. The molecule has 3 aliphatic rings. The molecule has 3 fully saturated rings. The van der Waals surface area contributed by atoms with Crippen LogP contribution >= 0.6 is 11.8 Å². The summed E-state index contributed by atoms with van der Waals surface area (Å²) >= 11 is 1.66. The first-order chi connectivity index (χ1) is 18.7. The lowest BCUT2D eigenvalue weighted by atomic mass is 9.66. The number of nitrogens with zero attached hydrogens (tertiary/aromatic N) is 2. The van der Waals surface area contributed by atoms with E-state index in [0.29, 0.717) is 13.2 Å². The number of amides is 2. The van der Waals surface area contributed by atoms with E-state index >= 15 is 0 Å². The highest BCUT2D eigenvalue weighted by Gasteiger charge is 2.77. The van der Waals surface area contributed by atoms with Gasteiger partial charge in [0.1, 0.15) is 6.04 Å². The Morgan fingerprint density at radius 2 is 1.97 bits per heavy atom. The van der Waals surface area contributed by atoms with Crippen LogP contribution in [0, 0.1) is 23.7 Å². The van der Waals surface area contributed by atoms with Gasteiger partial charge in [-0.1, -0.05) is 52.7 Å². The van der Waals surface area contributed by atoms with Crippen LogP contribution in [0.3, 0.4) is 0 Å². The van der Waals surface area contributed by atoms with Crippen LogP contribution in [0.25, 0.3) is 0 Å². The van der Waals surface area contributed by atoms with Crippen molar-refractivity contribution >= 4 is 29.5 Å². The highest BCUT2D eigenvalue weighted by Crippen LogP contribution is 2.69. The van der Waals surface area contributed by atoms with Crippen molar-refractivity contribution in [3.05, 3.63) is 25.3 Å². The third kappa shape index (κ3) is 5.70. The maximum absolute atomic E-state index is 14.6. The van der Waals surface area contributed by atoms with Gasteiger partial charge in [-0.15, -0.1) is 24.9 Å². The van der Waals surface area contributed by atoms with Crippen LogP contribution in [0.2, 0.25) is 0 Å². The number of hydrogen-bond donors (Lipinski definition) is 1. The molecule has 7 nitrogen and oxygen atoms in total. The lowest BCUT2D eigenvalue weighted by molar-refractivity contribution is -0.155. The average Bonchev–Trinajstić information content (AvgIpc) is 3.51. The number of allylic oxidation sites excluding steroid dienone is 1. The van der Waals surface area contributed by atoms with Gasteiger partial charge in [0, 0.05) is 17.8 Å². The van der Waals surface area contributed by atoms with Gasteiger partial charge in [-0.25, -0.2) is 0 Å². The fourth-order valence-corrected chi connectivity index (χ4v) is 9.59. The second kappa shape index (κ2) is 13.7. The number of carbonyl (C=O) groups excluding carboxylic acids is 3. The minimum absolute atomic E-state index is 0.00170. The van der Waals surface area contributed by atoms with Gasteiger partial charge in [-0.05, 0) is 50.9 Å². The largest absolute Gasteiger partial charge is 0.465 e. The van der Waals surface area contributed by atoms with Crippen LogP contribution in [-0.2, 0) is 19.1 Å². The van der Waals surface area contributed by atoms with Gasteiger partial charge in [0.2, 0.25) is 11.8 Å². The van der Waals surface area contributed by atoms with Crippen molar-refractivity contribution in [2.24, 2.45) is 23.7 Å². The van der Waals surface area contributed by atoms with Gasteiger partial charge in [0.15, 0.2) is 0 Å². The Bertz CT molecular complexity index is 911. The quantitative estimate of drug-likeness (QED) is 0.165. The molecule has 39 heavy (non-hydrogen) atoms. The first-order valence-corrected chi connectivity index (χ1v) is 15.8. The smallest absolute Gasteiger partial charge is 0.310 e. The van der Waals surface area contributed by atoms with Crippen molar-refractivity contribution in [1.82, 2.24) is 9.80 Å². The Hall–Kier alpha value is -1.80. The summed E-state index contributed by atoms with van der Waals surface area (Å²) in [5.74, 6) is -1.72. The minimum Gasteiger partial charge on any atom is -0.465 e. The molecule has 4 unspecified atom stereocenters. The Balaban J connectivity index is 2.05. The van der Waals surface area contributed by atoms with Crippen LogP contribution in [0.15, 0.2) is 25.3 Å². The molecule has 0 aromatic heterocycles. The summed E-state index contributed by atoms with van der Waals surface area (Å²) in [6.07, 6.45) is 9.43. The van der Waals surface area contributed by atoms with Gasteiger partial charge >= 0.3 is 5.97 Å². The van der Waals surface area contributed by atoms with Crippen LogP contribution in [0.4, 0.5) is 0 Å². The SMILES string of the molecule is C=CCCCCOC(=O)[C@@H]1[C@H]2C(=O)N([C@@H](CO)[C@@H](C)CC)C(C(=O)N(CC=C)C(C)CCC)C23S[C@@H]1CC3C. The van der Waals surface area contributed by atoms with Crippen molar-refractivity contribution in [3.8, 4) is 0 Å². The zero-order chi connectivity index (χ0) is 28.9. The number of thioether (sulfide) groups is 1. The Labute approximate surface area is 239 Å². The van der Waals surface area contributed by atoms with E-state index in [4.69, 9.17) is 4.74 Å². The summed E-state index contributed by atoms with van der Waals surface area (Å²) < 4.78 is 5.02. The first kappa shape index (κ1) is 31.7. The Morgan fingerprint density at radius 1 is 1.26 bits per heavy atom. The maximum atomic E-state index is 14.6. The standard InChI is InChI=1S/C31H50N2O5S/c1-8-12-13-14-17-38-30(37)25-24-18-21(6)31(39-24)26(25)28(35)33(23(19-34)20(5)11-4)27(31)29(36)32(16-10-3)22(7)15-9-2/h8,10,20-27,34H,1,3,9,11-19H2,2,4-7H3/t20-,21?,22?,23-,24+,25-,26-,27?,31?/m0/s1. The molecule has 0 aromatic carbocycles. The van der Waals surface area contributed by atoms with Gasteiger partial charge in [0.25, 0.3) is 0 Å². The maximum Gasteiger partial charge on any atom is 0.310 e. The van der Waals surface area contributed by atoms with Gasteiger partial charge < -0.3 is 19.6 Å². The number of fused-ring (bicyclic) bond motifs is 1. The van der Waals surface area contributed by atoms with Gasteiger partial charge in [-0.3, -0.25) is 14.4 Å². The highest BCUT2D eigenvalue weighted by molar-refractivity contribution is 8.02. The monoisotopic (exact) mass is 562 g/mol. The zero-order valence-electron chi connectivity index (χ0n) is 24.6. The lowest BCUT2D eigenvalue weighted by Gasteiger charge is -2.44. The number of esters is 1. The van der Waals surface area contributed by atoms with Crippen LogP contribution in [0.1, 0.15) is 79.6 Å². The van der Waals surface area contributed by atoms with E-state index in [2.05, 4.69) is 33.9 Å². The minimum atomic E-state index is -0.740. The number of aliphatic hydroxyl groups is 1. The number of rotatable bonds is 16. The van der Waals surface area contributed by atoms with Gasteiger partial charge in [-0.2, -0.15) is 0 Å². The second-order valence-electron chi connectivity index (χ2n) is 11.8. The molecule has 0 radical (unpaired) electrons. The van der Waals surface area contributed by atoms with Crippen molar-refractivity contribution in [2.45, 2.75) is 108 Å². The fourth-order valence-electron chi connectivity index (χ4n) is 7.20. The number of ether oxygens (including phenoxy) is 1. The van der Waals surface area contributed by atoms with E-state index in [1.165, 1.54) is 0 Å². The second-order valence-corrected chi connectivity index (χ2v) is 13.4. The van der Waals surface area contributed by atoms with E-state index in [1.54, 1.807) is 22.7 Å². The summed E-state index contributed by atoms with van der Waals surface area (Å²) in [4.78, 5) is 46.1. The number of carbonyl (C=O) groups is 3. The van der Waals surface area contributed by atoms with Crippen LogP contribution < -0.4 is 0 Å². The number of hydrogen-bond acceptors (Lipinski definition) is 6. The van der Waals surface area contributed by atoms with E-state index in [9.17, 15) is 19.5 Å². The lowest BCUT2D eigenvalue weighted by Crippen LogP contribution is -2.61. The summed E-state index contributed by atoms with van der Waals surface area (Å²) in [5.41, 5.74) is 0. The molecule has 0 saturated carbocycles. The molecular formula is C31H50N2O5S. The molecule has 3 rings (SSSR count). The van der Waals surface area contributed by atoms with E-state index < -0.39 is 28.7 Å². The molecule has 1 N–H and O–H groups in total. The molecule has 8 heteroatoms. The molecule has 1 spiro atoms. The predicted molar refractivity (Wildman–Crippen MR) is 157 cm³/mol. The van der Waals surface area contributed by atoms with E-state index in [0.717, 1.165) is 44.9 Å². The normalized spacial score (nSPS) is 31.5. The number of aliphatic hydroxyl groups excluding tert-OH is 1. The number of unbranched alkanes of at least 4 members (excludes halogenated alkanes) is 2. The molecule has 3 aliphatic heterocycles. The molecule has 0 aliphatic carbocycles. The first-order valence-electron chi connectivity index (χ1n) is 15.0. The molecule has 3 heterocycles. The molecule has 3 saturated heterocycles. The van der Waals surface area contributed by atoms with Crippen molar-refractivity contribution in [1.29, 1.82) is 0 Å². The average molecular weight is 563 g/mol. The number of likely N-dealkylation sites (tertiary alicyclic amines) is 1. The fraction of sp³-hybridized carbons (Fsp3) is 0.774. The highest BCUT2D eigenvalue weighted by atomic mass is 32.2. The van der Waals surface area contributed by atoms with Crippen molar-refractivity contribution in [3.63, 3.8) is 0 Å². The summed E-state index contributed by atoms with van der Waals surface area (Å²) in [6.45, 7) is 18.5. The van der Waals surface area contributed by atoms with E-state index in [1.807, 2.05) is 24.8 Å². The van der Waals surface area contributed by atoms with Crippen LogP contribution in [0.5, 0.6) is 0 Å². The van der Waals surface area contributed by atoms with Crippen molar-refractivity contribution in [2.75, 3.05) is 19.8 Å². The van der Waals surface area contributed by atoms with Crippen LogP contribution in [-0.4, -0.2) is 80.6 Å². The summed E-state index contributed by atoms with van der Waals surface area (Å²) in [6, 6.07) is -1.25. The zero-order valence-corrected chi connectivity index (χ0v) is 25.5. The molecule has 2 bridgehead atoms.